The average Bonchev–Trinajstić information content (AvgIpc) is 2.98. The van der Waals surface area contributed by atoms with E-state index in [1.54, 1.807) is 35.4 Å². The summed E-state index contributed by atoms with van der Waals surface area (Å²) in [7, 11) is -3.73. The van der Waals surface area contributed by atoms with E-state index >= 15 is 0 Å². The molecule has 1 aromatic carbocycles. The van der Waals surface area contributed by atoms with Crippen LogP contribution in [0.2, 0.25) is 0 Å². The number of sulfonamides is 1. The molecule has 1 fully saturated rings. The molecule has 0 spiro atoms. The van der Waals surface area contributed by atoms with Crippen molar-refractivity contribution in [1.82, 2.24) is 14.6 Å². The van der Waals surface area contributed by atoms with E-state index in [1.165, 1.54) is 0 Å². The van der Waals surface area contributed by atoms with Crippen LogP contribution >= 0.6 is 0 Å². The fourth-order valence-corrected chi connectivity index (χ4v) is 5.73. The Morgan fingerprint density at radius 2 is 1.87 bits per heavy atom. The smallest absolute Gasteiger partial charge is 0.243 e. The minimum Gasteiger partial charge on any atom is -0.305 e. The number of carbonyl (C=O) groups excluding carboxylic acids is 1. The fourth-order valence-electron chi connectivity index (χ4n) is 4.28. The summed E-state index contributed by atoms with van der Waals surface area (Å²) in [4.78, 5) is 21.9. The van der Waals surface area contributed by atoms with Crippen LogP contribution in [-0.4, -0.2) is 49.4 Å². The molecule has 160 valence electrons. The van der Waals surface area contributed by atoms with Crippen molar-refractivity contribution in [3.05, 3.63) is 54.4 Å². The summed E-state index contributed by atoms with van der Waals surface area (Å²) < 4.78 is 29.0. The Hall–Kier alpha value is -2.29. The maximum atomic E-state index is 13.4. The lowest BCUT2D eigenvalue weighted by Gasteiger charge is -2.33. The van der Waals surface area contributed by atoms with Crippen LogP contribution in [0.15, 0.2) is 53.6 Å². The van der Waals surface area contributed by atoms with E-state index in [4.69, 9.17) is 0 Å². The highest BCUT2D eigenvalue weighted by Crippen LogP contribution is 2.35. The summed E-state index contributed by atoms with van der Waals surface area (Å²) in [5.74, 6) is -0.0523. The SMILES string of the molecule is CC(C)(C)CC(=O)N1c2ccccc2S(=O)(=O)N[C@H]2CN(Cc3ccccn3)C[C@@H]21. The highest BCUT2D eigenvalue weighted by atomic mass is 32.2. The standard InChI is InChI=1S/C22H28N4O3S/c1-22(2,3)12-21(27)26-18-9-4-5-10-20(18)30(28,29)24-17-14-25(15-19(17)26)13-16-8-6-7-11-23-16/h4-11,17,19,24H,12-15H2,1-3H3/t17-,19-/m0/s1. The minimum atomic E-state index is -3.73. The van der Waals surface area contributed by atoms with Gasteiger partial charge in [0, 0.05) is 32.3 Å². The molecule has 0 aliphatic carbocycles. The molecule has 7 nitrogen and oxygen atoms in total. The number of fused-ring (bicyclic) bond motifs is 2. The van der Waals surface area contributed by atoms with Crippen molar-refractivity contribution in [2.45, 2.75) is 50.7 Å². The number of rotatable bonds is 3. The number of amides is 1. The third-order valence-electron chi connectivity index (χ3n) is 5.48. The first-order chi connectivity index (χ1) is 14.1. The van der Waals surface area contributed by atoms with Crippen LogP contribution in [-0.2, 0) is 21.4 Å². The van der Waals surface area contributed by atoms with Crippen LogP contribution < -0.4 is 9.62 Å². The Kier molecular flexibility index (Phi) is 5.42. The number of nitrogens with zero attached hydrogens (tertiary/aromatic N) is 3. The van der Waals surface area contributed by atoms with E-state index in [0.29, 0.717) is 31.7 Å². The number of hydrogen-bond acceptors (Lipinski definition) is 5. The third kappa shape index (κ3) is 4.26. The molecule has 2 aromatic rings. The number of nitrogens with one attached hydrogen (secondary N) is 1. The molecule has 1 aromatic heterocycles. The van der Waals surface area contributed by atoms with Crippen LogP contribution in [0.1, 0.15) is 32.9 Å². The van der Waals surface area contributed by atoms with Crippen molar-refractivity contribution < 1.29 is 13.2 Å². The summed E-state index contributed by atoms with van der Waals surface area (Å²) >= 11 is 0. The Balaban J connectivity index is 1.71. The molecular formula is C22H28N4O3S. The molecule has 2 aliphatic rings. The predicted molar refractivity (Wildman–Crippen MR) is 115 cm³/mol. The summed E-state index contributed by atoms with van der Waals surface area (Å²) in [6.07, 6.45) is 2.09. The summed E-state index contributed by atoms with van der Waals surface area (Å²) in [5, 5.41) is 0. The van der Waals surface area contributed by atoms with Crippen molar-refractivity contribution in [3.63, 3.8) is 0 Å². The van der Waals surface area contributed by atoms with Gasteiger partial charge in [-0.1, -0.05) is 39.0 Å². The number of carbonyl (C=O) groups is 1. The van der Waals surface area contributed by atoms with Crippen molar-refractivity contribution >= 4 is 21.6 Å². The number of benzene rings is 1. The molecule has 1 N–H and O–H groups in total. The summed E-state index contributed by atoms with van der Waals surface area (Å²) in [6.45, 7) is 7.76. The number of para-hydroxylation sites is 1. The van der Waals surface area contributed by atoms with E-state index in [2.05, 4.69) is 14.6 Å². The van der Waals surface area contributed by atoms with Gasteiger partial charge in [-0.2, -0.15) is 0 Å². The molecule has 1 saturated heterocycles. The fraction of sp³-hybridized carbons (Fsp3) is 0.455. The van der Waals surface area contributed by atoms with E-state index in [1.807, 2.05) is 39.0 Å². The van der Waals surface area contributed by atoms with E-state index in [9.17, 15) is 13.2 Å². The predicted octanol–water partition coefficient (Wildman–Crippen LogP) is 2.40. The number of likely N-dealkylation sites (tertiary alicyclic amines) is 1. The van der Waals surface area contributed by atoms with Gasteiger partial charge in [0.2, 0.25) is 15.9 Å². The second-order valence-electron chi connectivity index (χ2n) is 9.28. The lowest BCUT2D eigenvalue weighted by Crippen LogP contribution is -2.51. The molecule has 0 bridgehead atoms. The second-order valence-corrected chi connectivity index (χ2v) is 11.0. The van der Waals surface area contributed by atoms with Gasteiger partial charge >= 0.3 is 0 Å². The van der Waals surface area contributed by atoms with Crippen molar-refractivity contribution in [2.75, 3.05) is 18.0 Å². The summed E-state index contributed by atoms with van der Waals surface area (Å²) in [5.41, 5.74) is 1.18. The molecule has 1 amide bonds. The van der Waals surface area contributed by atoms with E-state index in [-0.39, 0.29) is 28.3 Å². The van der Waals surface area contributed by atoms with Gasteiger partial charge in [-0.3, -0.25) is 14.7 Å². The number of aromatic nitrogens is 1. The molecule has 0 unspecified atom stereocenters. The van der Waals surface area contributed by atoms with Crippen LogP contribution in [0.4, 0.5) is 5.69 Å². The Morgan fingerprint density at radius 1 is 1.13 bits per heavy atom. The molecule has 30 heavy (non-hydrogen) atoms. The monoisotopic (exact) mass is 428 g/mol. The molecular weight excluding hydrogens is 400 g/mol. The van der Waals surface area contributed by atoms with Gasteiger partial charge in [0.25, 0.3) is 0 Å². The van der Waals surface area contributed by atoms with Crippen LogP contribution in [0, 0.1) is 5.41 Å². The molecule has 3 heterocycles. The second kappa shape index (κ2) is 7.76. The average molecular weight is 429 g/mol. The molecule has 0 radical (unpaired) electrons. The van der Waals surface area contributed by atoms with Gasteiger partial charge in [-0.05, 0) is 29.7 Å². The molecule has 8 heteroatoms. The van der Waals surface area contributed by atoms with E-state index < -0.39 is 10.0 Å². The van der Waals surface area contributed by atoms with Gasteiger partial charge in [0.1, 0.15) is 4.90 Å². The van der Waals surface area contributed by atoms with Gasteiger partial charge in [-0.15, -0.1) is 0 Å². The third-order valence-corrected chi connectivity index (χ3v) is 7.02. The first kappa shape index (κ1) is 21.0. The van der Waals surface area contributed by atoms with Crippen LogP contribution in [0.5, 0.6) is 0 Å². The van der Waals surface area contributed by atoms with Crippen molar-refractivity contribution in [3.8, 4) is 0 Å². The maximum absolute atomic E-state index is 13.4. The molecule has 4 rings (SSSR count). The Bertz CT molecular complexity index is 1030. The summed E-state index contributed by atoms with van der Waals surface area (Å²) in [6, 6.07) is 11.9. The lowest BCUT2D eigenvalue weighted by molar-refractivity contribution is -0.120. The zero-order valence-electron chi connectivity index (χ0n) is 17.6. The van der Waals surface area contributed by atoms with Crippen molar-refractivity contribution in [1.29, 1.82) is 0 Å². The first-order valence-corrected chi connectivity index (χ1v) is 11.7. The van der Waals surface area contributed by atoms with Crippen LogP contribution in [0.25, 0.3) is 0 Å². The lowest BCUT2D eigenvalue weighted by atomic mass is 9.91. The minimum absolute atomic E-state index is 0.0523. The number of pyridine rings is 1. The van der Waals surface area contributed by atoms with Crippen LogP contribution in [0.3, 0.4) is 0 Å². The van der Waals surface area contributed by atoms with Gasteiger partial charge in [0.05, 0.1) is 23.5 Å². The number of anilines is 1. The molecule has 2 aliphatic heterocycles. The van der Waals surface area contributed by atoms with E-state index in [0.717, 1.165) is 5.69 Å². The largest absolute Gasteiger partial charge is 0.305 e. The van der Waals surface area contributed by atoms with Gasteiger partial charge in [-0.25, -0.2) is 13.1 Å². The zero-order chi connectivity index (χ0) is 21.5. The highest BCUT2D eigenvalue weighted by molar-refractivity contribution is 7.89. The highest BCUT2D eigenvalue weighted by Gasteiger charge is 2.45. The number of hydrogen-bond donors (Lipinski definition) is 1. The van der Waals surface area contributed by atoms with Crippen molar-refractivity contribution in [2.24, 2.45) is 5.41 Å². The molecule has 0 saturated carbocycles. The molecule has 2 atom stereocenters. The normalized spacial score (nSPS) is 23.5. The zero-order valence-corrected chi connectivity index (χ0v) is 18.4. The first-order valence-electron chi connectivity index (χ1n) is 10.2. The topological polar surface area (TPSA) is 82.6 Å². The quantitative estimate of drug-likeness (QED) is 0.812. The maximum Gasteiger partial charge on any atom is 0.243 e. The Labute approximate surface area is 178 Å². The Morgan fingerprint density at radius 3 is 2.57 bits per heavy atom. The van der Waals surface area contributed by atoms with Gasteiger partial charge < -0.3 is 4.90 Å². The van der Waals surface area contributed by atoms with Gasteiger partial charge in [0.15, 0.2) is 0 Å².